The van der Waals surface area contributed by atoms with Crippen LogP contribution in [0.5, 0.6) is 0 Å². The molecule has 0 bridgehead atoms. The summed E-state index contributed by atoms with van der Waals surface area (Å²) >= 11 is 0. The fourth-order valence-corrected chi connectivity index (χ4v) is 2.77. The van der Waals surface area contributed by atoms with Gasteiger partial charge in [-0.05, 0) is 19.3 Å². The SMILES string of the molecule is OCCOC1CCN(CC2COCCC2O)CC1. The Morgan fingerprint density at radius 1 is 1.22 bits per heavy atom. The van der Waals surface area contributed by atoms with Crippen molar-refractivity contribution in [3.63, 3.8) is 0 Å². The van der Waals surface area contributed by atoms with Crippen molar-refractivity contribution in [3.05, 3.63) is 0 Å². The highest BCUT2D eigenvalue weighted by Gasteiger charge is 2.28. The summed E-state index contributed by atoms with van der Waals surface area (Å²) in [5.41, 5.74) is 0. The number of hydrogen-bond donors (Lipinski definition) is 2. The van der Waals surface area contributed by atoms with Gasteiger partial charge in [0, 0.05) is 32.2 Å². The normalized spacial score (nSPS) is 31.7. The number of hydrogen-bond acceptors (Lipinski definition) is 5. The van der Waals surface area contributed by atoms with E-state index in [2.05, 4.69) is 4.90 Å². The Morgan fingerprint density at radius 3 is 2.67 bits per heavy atom. The molecular weight excluding hydrogens is 234 g/mol. The molecule has 106 valence electrons. The lowest BCUT2D eigenvalue weighted by molar-refractivity contribution is -0.0567. The van der Waals surface area contributed by atoms with Gasteiger partial charge in [-0.2, -0.15) is 0 Å². The van der Waals surface area contributed by atoms with E-state index in [9.17, 15) is 5.11 Å². The highest BCUT2D eigenvalue weighted by Crippen LogP contribution is 2.19. The van der Waals surface area contributed by atoms with E-state index in [1.807, 2.05) is 0 Å². The van der Waals surface area contributed by atoms with E-state index in [4.69, 9.17) is 14.6 Å². The van der Waals surface area contributed by atoms with Gasteiger partial charge in [-0.25, -0.2) is 0 Å². The largest absolute Gasteiger partial charge is 0.394 e. The predicted molar refractivity (Wildman–Crippen MR) is 67.4 cm³/mol. The van der Waals surface area contributed by atoms with Gasteiger partial charge in [-0.15, -0.1) is 0 Å². The van der Waals surface area contributed by atoms with Gasteiger partial charge in [-0.3, -0.25) is 0 Å². The topological polar surface area (TPSA) is 62.2 Å². The van der Waals surface area contributed by atoms with E-state index < -0.39 is 0 Å². The first-order chi connectivity index (χ1) is 8.79. The zero-order chi connectivity index (χ0) is 12.8. The van der Waals surface area contributed by atoms with Crippen molar-refractivity contribution in [3.8, 4) is 0 Å². The zero-order valence-electron chi connectivity index (χ0n) is 11.0. The maximum atomic E-state index is 9.91. The van der Waals surface area contributed by atoms with Crippen molar-refractivity contribution in [2.24, 2.45) is 5.92 Å². The summed E-state index contributed by atoms with van der Waals surface area (Å²) in [6.45, 7) is 4.87. The van der Waals surface area contributed by atoms with Crippen molar-refractivity contribution in [1.29, 1.82) is 0 Å². The Hall–Kier alpha value is -0.200. The lowest BCUT2D eigenvalue weighted by Crippen LogP contribution is -2.45. The van der Waals surface area contributed by atoms with Crippen LogP contribution in [0, 0.1) is 5.92 Å². The van der Waals surface area contributed by atoms with Gasteiger partial charge in [-0.1, -0.05) is 0 Å². The maximum Gasteiger partial charge on any atom is 0.0701 e. The van der Waals surface area contributed by atoms with E-state index in [1.54, 1.807) is 0 Å². The highest BCUT2D eigenvalue weighted by molar-refractivity contribution is 4.79. The van der Waals surface area contributed by atoms with Gasteiger partial charge in [0.25, 0.3) is 0 Å². The average Bonchev–Trinajstić information content (AvgIpc) is 2.41. The quantitative estimate of drug-likeness (QED) is 0.719. The molecule has 0 aromatic rings. The van der Waals surface area contributed by atoms with Crippen LogP contribution in [-0.4, -0.2) is 73.4 Å². The van der Waals surface area contributed by atoms with Crippen molar-refractivity contribution in [1.82, 2.24) is 4.90 Å². The van der Waals surface area contributed by atoms with Crippen molar-refractivity contribution >= 4 is 0 Å². The van der Waals surface area contributed by atoms with Crippen LogP contribution in [0.4, 0.5) is 0 Å². The van der Waals surface area contributed by atoms with Crippen LogP contribution < -0.4 is 0 Å². The second-order valence-electron chi connectivity index (χ2n) is 5.29. The molecule has 2 saturated heterocycles. The van der Waals surface area contributed by atoms with Gasteiger partial charge in [0.2, 0.25) is 0 Å². The molecule has 2 aliphatic heterocycles. The average molecular weight is 259 g/mol. The molecule has 2 N–H and O–H groups in total. The summed E-state index contributed by atoms with van der Waals surface area (Å²) in [5.74, 6) is 0.258. The molecule has 0 radical (unpaired) electrons. The third kappa shape index (κ3) is 4.17. The highest BCUT2D eigenvalue weighted by atomic mass is 16.5. The van der Waals surface area contributed by atoms with Crippen molar-refractivity contribution in [2.45, 2.75) is 31.5 Å². The summed E-state index contributed by atoms with van der Waals surface area (Å²) in [7, 11) is 0. The maximum absolute atomic E-state index is 9.91. The summed E-state index contributed by atoms with van der Waals surface area (Å²) in [6.07, 6.45) is 2.89. The summed E-state index contributed by atoms with van der Waals surface area (Å²) < 4.78 is 11.0. The Morgan fingerprint density at radius 2 is 2.00 bits per heavy atom. The number of ether oxygens (including phenoxy) is 2. The summed E-state index contributed by atoms with van der Waals surface area (Å²) in [5, 5.41) is 18.6. The summed E-state index contributed by atoms with van der Waals surface area (Å²) in [4.78, 5) is 2.39. The molecule has 18 heavy (non-hydrogen) atoms. The number of aliphatic hydroxyl groups excluding tert-OH is 2. The van der Waals surface area contributed by atoms with Crippen LogP contribution in [0.1, 0.15) is 19.3 Å². The standard InChI is InChI=1S/C13H25NO4/c15-6-8-18-12-1-4-14(5-2-12)9-11-10-17-7-3-13(11)16/h11-13,15-16H,1-10H2. The van der Waals surface area contributed by atoms with Crippen molar-refractivity contribution in [2.75, 3.05) is 46.1 Å². The monoisotopic (exact) mass is 259 g/mol. The van der Waals surface area contributed by atoms with E-state index in [-0.39, 0.29) is 18.6 Å². The predicted octanol–water partition coefficient (Wildman–Crippen LogP) is -0.143. The third-order valence-corrected chi connectivity index (χ3v) is 3.91. The van der Waals surface area contributed by atoms with Crippen LogP contribution in [0.25, 0.3) is 0 Å². The molecule has 0 aromatic heterocycles. The van der Waals surface area contributed by atoms with Gasteiger partial charge >= 0.3 is 0 Å². The molecule has 0 aliphatic carbocycles. The molecule has 2 heterocycles. The van der Waals surface area contributed by atoms with Gasteiger partial charge < -0.3 is 24.6 Å². The van der Waals surface area contributed by atoms with E-state index in [0.29, 0.717) is 25.9 Å². The van der Waals surface area contributed by atoms with Crippen LogP contribution in [0.2, 0.25) is 0 Å². The van der Waals surface area contributed by atoms with Crippen LogP contribution >= 0.6 is 0 Å². The molecule has 0 saturated carbocycles. The minimum absolute atomic E-state index is 0.103. The number of nitrogens with zero attached hydrogens (tertiary/aromatic N) is 1. The first-order valence-corrected chi connectivity index (χ1v) is 7.00. The molecule has 5 nitrogen and oxygen atoms in total. The Balaban J connectivity index is 1.66. The Bertz CT molecular complexity index is 231. The van der Waals surface area contributed by atoms with Crippen LogP contribution in [-0.2, 0) is 9.47 Å². The smallest absolute Gasteiger partial charge is 0.0701 e. The lowest BCUT2D eigenvalue weighted by atomic mass is 9.97. The van der Waals surface area contributed by atoms with Gasteiger partial charge in [0.1, 0.15) is 0 Å². The number of rotatable bonds is 5. The third-order valence-electron chi connectivity index (χ3n) is 3.91. The Kier molecular flexibility index (Phi) is 5.85. The van der Waals surface area contributed by atoms with Crippen LogP contribution in [0.3, 0.4) is 0 Å². The first kappa shape index (κ1) is 14.2. The molecule has 2 rings (SSSR count). The molecule has 2 atom stereocenters. The molecular formula is C13H25NO4. The van der Waals surface area contributed by atoms with E-state index in [1.165, 1.54) is 0 Å². The fourth-order valence-electron chi connectivity index (χ4n) is 2.77. The first-order valence-electron chi connectivity index (χ1n) is 7.00. The molecule has 2 unspecified atom stereocenters. The minimum atomic E-state index is -0.206. The second-order valence-corrected chi connectivity index (χ2v) is 5.29. The minimum Gasteiger partial charge on any atom is -0.394 e. The van der Waals surface area contributed by atoms with Gasteiger partial charge in [0.15, 0.2) is 0 Å². The molecule has 5 heteroatoms. The summed E-state index contributed by atoms with van der Waals surface area (Å²) in [6, 6.07) is 0. The molecule has 0 spiro atoms. The van der Waals surface area contributed by atoms with Crippen molar-refractivity contribution < 1.29 is 19.7 Å². The van der Waals surface area contributed by atoms with E-state index in [0.717, 1.165) is 38.9 Å². The molecule has 2 fully saturated rings. The molecule has 0 aromatic carbocycles. The number of aliphatic hydroxyl groups is 2. The number of piperidine rings is 1. The van der Waals surface area contributed by atoms with Crippen LogP contribution in [0.15, 0.2) is 0 Å². The lowest BCUT2D eigenvalue weighted by Gasteiger charge is -2.36. The van der Waals surface area contributed by atoms with E-state index >= 15 is 0 Å². The fraction of sp³-hybridized carbons (Fsp3) is 1.00. The van der Waals surface area contributed by atoms with Gasteiger partial charge in [0.05, 0.1) is 32.0 Å². The Labute approximate surface area is 109 Å². The zero-order valence-corrected chi connectivity index (χ0v) is 11.0. The second kappa shape index (κ2) is 7.40. The number of likely N-dealkylation sites (tertiary alicyclic amines) is 1. The molecule has 0 amide bonds. The molecule has 2 aliphatic rings.